The van der Waals surface area contributed by atoms with Gasteiger partial charge in [0, 0.05) is 44.8 Å². The van der Waals surface area contributed by atoms with Gasteiger partial charge in [-0.1, -0.05) is 11.8 Å². The number of hydrogen-bond donors (Lipinski definition) is 1. The van der Waals surface area contributed by atoms with Gasteiger partial charge >= 0.3 is 0 Å². The quantitative estimate of drug-likeness (QED) is 0.550. The summed E-state index contributed by atoms with van der Waals surface area (Å²) in [5.41, 5.74) is 0.896. The zero-order valence-electron chi connectivity index (χ0n) is 14.2. The van der Waals surface area contributed by atoms with Gasteiger partial charge in [-0.05, 0) is 32.4 Å². The summed E-state index contributed by atoms with van der Waals surface area (Å²) in [5.74, 6) is 0.720. The Morgan fingerprint density at radius 1 is 1.46 bits per heavy atom. The predicted octanol–water partition coefficient (Wildman–Crippen LogP) is 1.90. The van der Waals surface area contributed by atoms with E-state index >= 15 is 0 Å². The molecule has 0 spiro atoms. The van der Waals surface area contributed by atoms with Crippen molar-refractivity contribution >= 4 is 17.7 Å². The molecule has 2 rings (SSSR count). The molecule has 7 nitrogen and oxygen atoms in total. The van der Waals surface area contributed by atoms with E-state index in [0.29, 0.717) is 24.9 Å². The van der Waals surface area contributed by atoms with E-state index in [1.807, 2.05) is 37.6 Å². The average Bonchev–Trinajstić information content (AvgIpc) is 2.96. The molecule has 1 atom stereocenters. The molecule has 0 saturated heterocycles. The second kappa shape index (κ2) is 9.39. The normalized spacial score (nSPS) is 12.1. The van der Waals surface area contributed by atoms with Crippen LogP contribution in [-0.2, 0) is 16.6 Å². The Bertz CT molecular complexity index is 647. The van der Waals surface area contributed by atoms with Gasteiger partial charge in [0.15, 0.2) is 11.0 Å². The molecule has 1 unspecified atom stereocenters. The maximum absolute atomic E-state index is 12.1. The molecule has 0 aromatic carbocycles. The van der Waals surface area contributed by atoms with E-state index in [4.69, 9.17) is 4.74 Å². The van der Waals surface area contributed by atoms with E-state index < -0.39 is 0 Å². The average molecular weight is 349 g/mol. The topological polar surface area (TPSA) is 81.9 Å². The molecule has 1 amide bonds. The fraction of sp³-hybridized carbons (Fsp3) is 0.500. The third-order valence-corrected chi connectivity index (χ3v) is 4.51. The highest BCUT2D eigenvalue weighted by molar-refractivity contribution is 8.00. The van der Waals surface area contributed by atoms with Crippen LogP contribution in [0.3, 0.4) is 0 Å². The van der Waals surface area contributed by atoms with Gasteiger partial charge in [-0.3, -0.25) is 9.78 Å². The molecule has 2 aromatic rings. The van der Waals surface area contributed by atoms with Crippen LogP contribution in [0, 0.1) is 0 Å². The Labute approximate surface area is 146 Å². The third kappa shape index (κ3) is 5.04. The number of ether oxygens (including phenoxy) is 1. The van der Waals surface area contributed by atoms with Crippen LogP contribution < -0.4 is 5.32 Å². The molecule has 0 fully saturated rings. The number of pyridine rings is 1. The van der Waals surface area contributed by atoms with Gasteiger partial charge in [0.25, 0.3) is 0 Å². The smallest absolute Gasteiger partial charge is 0.233 e. The van der Waals surface area contributed by atoms with E-state index in [0.717, 1.165) is 17.8 Å². The van der Waals surface area contributed by atoms with E-state index in [2.05, 4.69) is 20.5 Å². The van der Waals surface area contributed by atoms with Crippen molar-refractivity contribution in [3.8, 4) is 11.4 Å². The van der Waals surface area contributed by atoms with Gasteiger partial charge in [-0.15, -0.1) is 10.2 Å². The van der Waals surface area contributed by atoms with Crippen molar-refractivity contribution in [2.24, 2.45) is 7.05 Å². The summed E-state index contributed by atoms with van der Waals surface area (Å²) in [4.78, 5) is 16.2. The number of rotatable bonds is 9. The van der Waals surface area contributed by atoms with Crippen molar-refractivity contribution in [1.82, 2.24) is 25.1 Å². The van der Waals surface area contributed by atoms with Crippen molar-refractivity contribution in [2.75, 3.05) is 19.8 Å². The Hall–Kier alpha value is -1.93. The Morgan fingerprint density at radius 3 is 3.00 bits per heavy atom. The van der Waals surface area contributed by atoms with Crippen LogP contribution in [0.2, 0.25) is 0 Å². The molecule has 0 radical (unpaired) electrons. The van der Waals surface area contributed by atoms with Crippen LogP contribution in [0.1, 0.15) is 20.3 Å². The molecule has 0 bridgehead atoms. The first-order chi connectivity index (χ1) is 11.6. The van der Waals surface area contributed by atoms with Crippen molar-refractivity contribution in [3.63, 3.8) is 0 Å². The summed E-state index contributed by atoms with van der Waals surface area (Å²) >= 11 is 1.39. The lowest BCUT2D eigenvalue weighted by Gasteiger charge is -2.11. The highest BCUT2D eigenvalue weighted by atomic mass is 32.2. The van der Waals surface area contributed by atoms with Gasteiger partial charge in [-0.2, -0.15) is 0 Å². The summed E-state index contributed by atoms with van der Waals surface area (Å²) in [6, 6.07) is 3.79. The number of carbonyl (C=O) groups excluding carboxylic acids is 1. The molecule has 0 saturated carbocycles. The van der Waals surface area contributed by atoms with Crippen LogP contribution in [0.4, 0.5) is 0 Å². The molecule has 0 aliphatic carbocycles. The molecule has 1 N–H and O–H groups in total. The van der Waals surface area contributed by atoms with Crippen LogP contribution in [-0.4, -0.2) is 50.7 Å². The Morgan fingerprint density at radius 2 is 2.29 bits per heavy atom. The summed E-state index contributed by atoms with van der Waals surface area (Å²) in [6.45, 7) is 5.80. The highest BCUT2D eigenvalue weighted by Crippen LogP contribution is 2.25. The Balaban J connectivity index is 1.89. The number of nitrogens with one attached hydrogen (secondary N) is 1. The number of amides is 1. The summed E-state index contributed by atoms with van der Waals surface area (Å²) in [7, 11) is 1.89. The zero-order chi connectivity index (χ0) is 17.4. The van der Waals surface area contributed by atoms with E-state index in [9.17, 15) is 4.79 Å². The Kier molecular flexibility index (Phi) is 7.20. The lowest BCUT2D eigenvalue weighted by Crippen LogP contribution is -2.32. The highest BCUT2D eigenvalue weighted by Gasteiger charge is 2.19. The van der Waals surface area contributed by atoms with Crippen LogP contribution in [0.25, 0.3) is 11.4 Å². The van der Waals surface area contributed by atoms with Gasteiger partial charge in [-0.25, -0.2) is 0 Å². The zero-order valence-corrected chi connectivity index (χ0v) is 15.0. The lowest BCUT2D eigenvalue weighted by atomic mass is 10.3. The SMILES string of the molecule is CCOCCCNC(=O)C(C)Sc1nnc(-c2cccnc2)n1C. The lowest BCUT2D eigenvalue weighted by molar-refractivity contribution is -0.120. The van der Waals surface area contributed by atoms with Gasteiger partial charge in [0.2, 0.25) is 5.91 Å². The van der Waals surface area contributed by atoms with Gasteiger partial charge < -0.3 is 14.6 Å². The molecule has 8 heteroatoms. The number of aromatic nitrogens is 4. The summed E-state index contributed by atoms with van der Waals surface area (Å²) in [6.07, 6.45) is 4.27. The van der Waals surface area contributed by atoms with Crippen LogP contribution in [0.15, 0.2) is 29.7 Å². The van der Waals surface area contributed by atoms with Crippen molar-refractivity contribution in [1.29, 1.82) is 0 Å². The largest absolute Gasteiger partial charge is 0.382 e. The molecule has 130 valence electrons. The predicted molar refractivity (Wildman–Crippen MR) is 93.7 cm³/mol. The van der Waals surface area contributed by atoms with E-state index in [1.165, 1.54) is 11.8 Å². The van der Waals surface area contributed by atoms with Gasteiger partial charge in [0.05, 0.1) is 5.25 Å². The minimum atomic E-state index is -0.248. The second-order valence-corrected chi connectivity index (χ2v) is 6.52. The minimum absolute atomic E-state index is 0.0116. The first-order valence-corrected chi connectivity index (χ1v) is 8.83. The monoisotopic (exact) mass is 349 g/mol. The van der Waals surface area contributed by atoms with Gasteiger partial charge in [0.1, 0.15) is 0 Å². The standard InChI is InChI=1S/C16H23N5O2S/c1-4-23-10-6-9-18-15(22)12(2)24-16-20-19-14(21(16)3)13-7-5-8-17-11-13/h5,7-8,11-12H,4,6,9-10H2,1-3H3,(H,18,22). The van der Waals surface area contributed by atoms with Crippen molar-refractivity contribution in [2.45, 2.75) is 30.7 Å². The summed E-state index contributed by atoms with van der Waals surface area (Å²) < 4.78 is 7.12. The van der Waals surface area contributed by atoms with Crippen LogP contribution >= 0.6 is 11.8 Å². The fourth-order valence-corrected chi connectivity index (χ4v) is 2.89. The molecule has 0 aliphatic rings. The number of hydrogen-bond acceptors (Lipinski definition) is 6. The molecule has 2 heterocycles. The van der Waals surface area contributed by atoms with Crippen LogP contribution in [0.5, 0.6) is 0 Å². The first kappa shape index (κ1) is 18.4. The van der Waals surface area contributed by atoms with E-state index in [1.54, 1.807) is 12.4 Å². The molecule has 2 aromatic heterocycles. The number of thioether (sulfide) groups is 1. The maximum atomic E-state index is 12.1. The molecular formula is C16H23N5O2S. The van der Waals surface area contributed by atoms with E-state index in [-0.39, 0.29) is 11.2 Å². The fourth-order valence-electron chi connectivity index (χ4n) is 2.05. The number of nitrogens with zero attached hydrogens (tertiary/aromatic N) is 4. The molecule has 0 aliphatic heterocycles. The minimum Gasteiger partial charge on any atom is -0.382 e. The second-order valence-electron chi connectivity index (χ2n) is 5.21. The summed E-state index contributed by atoms with van der Waals surface area (Å²) in [5, 5.41) is 11.7. The van der Waals surface area contributed by atoms with Crippen molar-refractivity contribution in [3.05, 3.63) is 24.5 Å². The third-order valence-electron chi connectivity index (χ3n) is 3.37. The van der Waals surface area contributed by atoms with Crippen molar-refractivity contribution < 1.29 is 9.53 Å². The molecule has 24 heavy (non-hydrogen) atoms. The molecular weight excluding hydrogens is 326 g/mol. The first-order valence-electron chi connectivity index (χ1n) is 7.95. The number of carbonyl (C=O) groups is 1. The maximum Gasteiger partial charge on any atom is 0.233 e.